The van der Waals surface area contributed by atoms with E-state index in [0.29, 0.717) is 0 Å². The highest BCUT2D eigenvalue weighted by molar-refractivity contribution is 4.90. The molecule has 0 radical (unpaired) electrons. The summed E-state index contributed by atoms with van der Waals surface area (Å²) in [6, 6.07) is 0. The number of likely N-dealkylation sites (tertiary alicyclic amines) is 1. The van der Waals surface area contributed by atoms with Gasteiger partial charge in [0.25, 0.3) is 0 Å². The van der Waals surface area contributed by atoms with Crippen molar-refractivity contribution < 1.29 is 0 Å². The molecule has 2 saturated heterocycles. The Hall–Kier alpha value is -0.0800. The van der Waals surface area contributed by atoms with E-state index in [9.17, 15) is 0 Å². The summed E-state index contributed by atoms with van der Waals surface area (Å²) in [4.78, 5) is 2.82. The first-order chi connectivity index (χ1) is 8.86. The maximum Gasteiger partial charge on any atom is 0.00381 e. The SMILES string of the molecule is C1CCC2(CC1)CCCN(CC1CCNCC1)C2. The van der Waals surface area contributed by atoms with Crippen molar-refractivity contribution in [3.63, 3.8) is 0 Å². The van der Waals surface area contributed by atoms with E-state index in [4.69, 9.17) is 0 Å². The lowest BCUT2D eigenvalue weighted by Gasteiger charge is -2.46. The minimum Gasteiger partial charge on any atom is -0.317 e. The van der Waals surface area contributed by atoms with Crippen LogP contribution >= 0.6 is 0 Å². The van der Waals surface area contributed by atoms with Crippen LogP contribution in [0.15, 0.2) is 0 Å². The van der Waals surface area contributed by atoms with E-state index in [1.165, 1.54) is 90.5 Å². The molecule has 0 aromatic heterocycles. The minimum absolute atomic E-state index is 0.740. The lowest BCUT2D eigenvalue weighted by Crippen LogP contribution is -2.46. The summed E-state index contributed by atoms with van der Waals surface area (Å²) in [6.45, 7) is 6.71. The summed E-state index contributed by atoms with van der Waals surface area (Å²) in [6.07, 6.45) is 13.3. The molecule has 2 nitrogen and oxygen atoms in total. The van der Waals surface area contributed by atoms with Crippen LogP contribution in [0.2, 0.25) is 0 Å². The van der Waals surface area contributed by atoms with Gasteiger partial charge in [-0.3, -0.25) is 0 Å². The minimum atomic E-state index is 0.740. The number of piperidine rings is 2. The quantitative estimate of drug-likeness (QED) is 0.810. The van der Waals surface area contributed by atoms with Crippen molar-refractivity contribution in [2.75, 3.05) is 32.7 Å². The Balaban J connectivity index is 1.52. The van der Waals surface area contributed by atoms with Crippen LogP contribution in [0.25, 0.3) is 0 Å². The van der Waals surface area contributed by atoms with Gasteiger partial charge >= 0.3 is 0 Å². The van der Waals surface area contributed by atoms with Crippen molar-refractivity contribution in [2.45, 2.75) is 57.8 Å². The van der Waals surface area contributed by atoms with Gasteiger partial charge in [-0.15, -0.1) is 0 Å². The van der Waals surface area contributed by atoms with Gasteiger partial charge in [0.2, 0.25) is 0 Å². The Labute approximate surface area is 113 Å². The van der Waals surface area contributed by atoms with Crippen LogP contribution in [0.4, 0.5) is 0 Å². The normalized spacial score (nSPS) is 30.7. The molecule has 2 heterocycles. The summed E-state index contributed by atoms with van der Waals surface area (Å²) < 4.78 is 0. The van der Waals surface area contributed by atoms with E-state index >= 15 is 0 Å². The molecule has 0 aromatic carbocycles. The molecule has 0 atom stereocenters. The van der Waals surface area contributed by atoms with Crippen molar-refractivity contribution in [3.05, 3.63) is 0 Å². The Morgan fingerprint density at radius 3 is 2.44 bits per heavy atom. The molecule has 3 rings (SSSR count). The Morgan fingerprint density at radius 1 is 0.944 bits per heavy atom. The number of hydrogen-bond acceptors (Lipinski definition) is 2. The van der Waals surface area contributed by atoms with Gasteiger partial charge in [-0.25, -0.2) is 0 Å². The standard InChI is InChI=1S/C16H30N2/c1-2-7-16(8-3-1)9-4-12-18(14-16)13-15-5-10-17-11-6-15/h15,17H,1-14H2. The second-order valence-electron chi connectivity index (χ2n) is 7.09. The molecule has 1 aliphatic carbocycles. The molecule has 0 bridgehead atoms. The summed E-state index contributed by atoms with van der Waals surface area (Å²) >= 11 is 0. The van der Waals surface area contributed by atoms with E-state index in [2.05, 4.69) is 10.2 Å². The molecule has 2 aliphatic heterocycles. The maximum absolute atomic E-state index is 3.49. The smallest absolute Gasteiger partial charge is 0.00381 e. The average Bonchev–Trinajstić information content (AvgIpc) is 2.41. The lowest BCUT2D eigenvalue weighted by atomic mass is 9.69. The van der Waals surface area contributed by atoms with Gasteiger partial charge < -0.3 is 10.2 Å². The highest BCUT2D eigenvalue weighted by atomic mass is 15.1. The molecule has 3 fully saturated rings. The van der Waals surface area contributed by atoms with Crippen LogP contribution in [-0.4, -0.2) is 37.6 Å². The van der Waals surface area contributed by atoms with Gasteiger partial charge in [0.05, 0.1) is 0 Å². The third-order valence-corrected chi connectivity index (χ3v) is 5.63. The van der Waals surface area contributed by atoms with Crippen LogP contribution in [0.1, 0.15) is 57.8 Å². The van der Waals surface area contributed by atoms with Crippen LogP contribution in [-0.2, 0) is 0 Å². The fraction of sp³-hybridized carbons (Fsp3) is 1.00. The van der Waals surface area contributed by atoms with Crippen molar-refractivity contribution in [2.24, 2.45) is 11.3 Å². The Bertz CT molecular complexity index is 246. The molecular weight excluding hydrogens is 220 g/mol. The van der Waals surface area contributed by atoms with Crippen LogP contribution < -0.4 is 5.32 Å². The molecule has 1 spiro atoms. The summed E-state index contributed by atoms with van der Waals surface area (Å²) in [5, 5.41) is 3.49. The molecule has 104 valence electrons. The fourth-order valence-corrected chi connectivity index (χ4v) is 4.61. The van der Waals surface area contributed by atoms with Gasteiger partial charge in [-0.1, -0.05) is 19.3 Å². The molecule has 3 aliphatic rings. The number of nitrogens with one attached hydrogen (secondary N) is 1. The van der Waals surface area contributed by atoms with Gasteiger partial charge in [0, 0.05) is 13.1 Å². The van der Waals surface area contributed by atoms with Crippen molar-refractivity contribution >= 4 is 0 Å². The molecular formula is C16H30N2. The van der Waals surface area contributed by atoms with Crippen molar-refractivity contribution in [1.29, 1.82) is 0 Å². The number of hydrogen-bond donors (Lipinski definition) is 1. The Kier molecular flexibility index (Phi) is 4.25. The third-order valence-electron chi connectivity index (χ3n) is 5.63. The first-order valence-corrected chi connectivity index (χ1v) is 8.29. The van der Waals surface area contributed by atoms with E-state index < -0.39 is 0 Å². The van der Waals surface area contributed by atoms with E-state index in [1.807, 2.05) is 0 Å². The topological polar surface area (TPSA) is 15.3 Å². The van der Waals surface area contributed by atoms with E-state index in [-0.39, 0.29) is 0 Å². The molecule has 0 unspecified atom stereocenters. The van der Waals surface area contributed by atoms with Crippen LogP contribution in [0.3, 0.4) is 0 Å². The predicted molar refractivity (Wildman–Crippen MR) is 76.8 cm³/mol. The second-order valence-corrected chi connectivity index (χ2v) is 7.09. The van der Waals surface area contributed by atoms with Gasteiger partial charge in [-0.2, -0.15) is 0 Å². The number of rotatable bonds is 2. The largest absolute Gasteiger partial charge is 0.317 e. The van der Waals surface area contributed by atoms with Gasteiger partial charge in [0.1, 0.15) is 0 Å². The summed E-state index contributed by atoms with van der Waals surface area (Å²) in [5.41, 5.74) is 0.740. The third kappa shape index (κ3) is 3.08. The van der Waals surface area contributed by atoms with Gasteiger partial charge in [-0.05, 0) is 69.5 Å². The van der Waals surface area contributed by atoms with E-state index in [1.54, 1.807) is 0 Å². The van der Waals surface area contributed by atoms with E-state index in [0.717, 1.165) is 11.3 Å². The number of nitrogens with zero attached hydrogens (tertiary/aromatic N) is 1. The predicted octanol–water partition coefficient (Wildman–Crippen LogP) is 3.03. The molecule has 0 aromatic rings. The summed E-state index contributed by atoms with van der Waals surface area (Å²) in [5.74, 6) is 0.977. The molecule has 1 N–H and O–H groups in total. The average molecular weight is 250 g/mol. The first-order valence-electron chi connectivity index (χ1n) is 8.29. The Morgan fingerprint density at radius 2 is 1.67 bits per heavy atom. The zero-order valence-electron chi connectivity index (χ0n) is 11.9. The lowest BCUT2D eigenvalue weighted by molar-refractivity contribution is 0.0418. The highest BCUT2D eigenvalue weighted by Gasteiger charge is 2.36. The second kappa shape index (κ2) is 5.92. The zero-order valence-corrected chi connectivity index (χ0v) is 11.9. The van der Waals surface area contributed by atoms with Crippen LogP contribution in [0.5, 0.6) is 0 Å². The monoisotopic (exact) mass is 250 g/mol. The van der Waals surface area contributed by atoms with Crippen molar-refractivity contribution in [3.8, 4) is 0 Å². The summed E-state index contributed by atoms with van der Waals surface area (Å²) in [7, 11) is 0. The van der Waals surface area contributed by atoms with Crippen LogP contribution in [0, 0.1) is 11.3 Å². The fourth-order valence-electron chi connectivity index (χ4n) is 4.61. The highest BCUT2D eigenvalue weighted by Crippen LogP contribution is 2.43. The van der Waals surface area contributed by atoms with Crippen molar-refractivity contribution in [1.82, 2.24) is 10.2 Å². The molecule has 1 saturated carbocycles. The van der Waals surface area contributed by atoms with Gasteiger partial charge in [0.15, 0.2) is 0 Å². The zero-order chi connectivity index (χ0) is 12.3. The molecule has 18 heavy (non-hydrogen) atoms. The first kappa shape index (κ1) is 12.9. The molecule has 0 amide bonds. The molecule has 2 heteroatoms. The maximum atomic E-state index is 3.49.